The Balaban J connectivity index is 2.07. The molecule has 0 saturated carbocycles. The molecular formula is C19H24BrNO2. The fraction of sp³-hybridized carbons (Fsp3) is 0.368. The molecule has 1 unspecified atom stereocenters. The molecule has 23 heavy (non-hydrogen) atoms. The van der Waals surface area contributed by atoms with Gasteiger partial charge in [0.2, 0.25) is 0 Å². The third-order valence-electron chi connectivity index (χ3n) is 3.96. The molecule has 0 radical (unpaired) electrons. The zero-order valence-electron chi connectivity index (χ0n) is 13.7. The molecule has 2 N–H and O–H groups in total. The van der Waals surface area contributed by atoms with Crippen LogP contribution in [0.25, 0.3) is 0 Å². The van der Waals surface area contributed by atoms with Crippen molar-refractivity contribution in [1.29, 1.82) is 0 Å². The standard InChI is InChI=1S/C19H24BrNO2/c1-3-18(12-22)21-11-16-10-17(20)8-9-19(16)23-13-15-7-5-4-6-14(15)2/h4-10,18,21-22H,3,11-13H2,1-2H3. The Morgan fingerprint density at radius 1 is 1.17 bits per heavy atom. The number of halogens is 1. The molecule has 0 aliphatic carbocycles. The van der Waals surface area contributed by atoms with E-state index < -0.39 is 0 Å². The SMILES string of the molecule is CCC(CO)NCc1cc(Br)ccc1OCc1ccccc1C. The summed E-state index contributed by atoms with van der Waals surface area (Å²) in [6, 6.07) is 14.4. The van der Waals surface area contributed by atoms with Gasteiger partial charge in [-0.15, -0.1) is 0 Å². The van der Waals surface area contributed by atoms with Crippen LogP contribution in [0.3, 0.4) is 0 Å². The van der Waals surface area contributed by atoms with Gasteiger partial charge in [-0.05, 0) is 42.7 Å². The molecule has 2 aromatic rings. The van der Waals surface area contributed by atoms with E-state index in [4.69, 9.17) is 4.74 Å². The Labute approximate surface area is 146 Å². The summed E-state index contributed by atoms with van der Waals surface area (Å²) in [5.74, 6) is 0.872. The molecule has 0 spiro atoms. The molecule has 2 rings (SSSR count). The zero-order valence-corrected chi connectivity index (χ0v) is 15.3. The van der Waals surface area contributed by atoms with Crippen LogP contribution in [0, 0.1) is 6.92 Å². The normalized spacial score (nSPS) is 12.2. The predicted octanol–water partition coefficient (Wildman–Crippen LogP) is 4.20. The van der Waals surface area contributed by atoms with Crippen molar-refractivity contribution in [2.75, 3.05) is 6.61 Å². The molecule has 4 heteroatoms. The highest BCUT2D eigenvalue weighted by molar-refractivity contribution is 9.10. The van der Waals surface area contributed by atoms with Crippen molar-refractivity contribution in [3.05, 3.63) is 63.6 Å². The molecule has 0 bridgehead atoms. The van der Waals surface area contributed by atoms with Gasteiger partial charge in [0, 0.05) is 22.6 Å². The van der Waals surface area contributed by atoms with E-state index in [1.165, 1.54) is 11.1 Å². The van der Waals surface area contributed by atoms with E-state index in [0.29, 0.717) is 13.2 Å². The fourth-order valence-corrected chi connectivity index (χ4v) is 2.76. The highest BCUT2D eigenvalue weighted by atomic mass is 79.9. The van der Waals surface area contributed by atoms with Crippen molar-refractivity contribution in [2.24, 2.45) is 0 Å². The van der Waals surface area contributed by atoms with Crippen molar-refractivity contribution < 1.29 is 9.84 Å². The Morgan fingerprint density at radius 3 is 2.65 bits per heavy atom. The van der Waals surface area contributed by atoms with E-state index in [1.54, 1.807) is 0 Å². The van der Waals surface area contributed by atoms with Gasteiger partial charge >= 0.3 is 0 Å². The Morgan fingerprint density at radius 2 is 1.96 bits per heavy atom. The monoisotopic (exact) mass is 377 g/mol. The zero-order chi connectivity index (χ0) is 16.7. The van der Waals surface area contributed by atoms with Crippen LogP contribution < -0.4 is 10.1 Å². The molecule has 2 aromatic carbocycles. The van der Waals surface area contributed by atoms with E-state index >= 15 is 0 Å². The minimum absolute atomic E-state index is 0.109. The lowest BCUT2D eigenvalue weighted by Crippen LogP contribution is -2.31. The summed E-state index contributed by atoms with van der Waals surface area (Å²) in [5.41, 5.74) is 3.51. The van der Waals surface area contributed by atoms with E-state index in [0.717, 1.165) is 22.2 Å². The molecule has 0 aliphatic rings. The maximum absolute atomic E-state index is 9.31. The minimum atomic E-state index is 0.109. The third kappa shape index (κ3) is 5.34. The topological polar surface area (TPSA) is 41.5 Å². The summed E-state index contributed by atoms with van der Waals surface area (Å²) < 4.78 is 7.06. The number of nitrogens with one attached hydrogen (secondary N) is 1. The van der Waals surface area contributed by atoms with E-state index in [1.807, 2.05) is 24.3 Å². The van der Waals surface area contributed by atoms with Crippen LogP contribution in [0.15, 0.2) is 46.9 Å². The average Bonchev–Trinajstić information content (AvgIpc) is 2.56. The Bertz CT molecular complexity index is 627. The smallest absolute Gasteiger partial charge is 0.124 e. The van der Waals surface area contributed by atoms with Crippen molar-refractivity contribution in [1.82, 2.24) is 5.32 Å². The summed E-state index contributed by atoms with van der Waals surface area (Å²) >= 11 is 3.51. The summed E-state index contributed by atoms with van der Waals surface area (Å²) in [5, 5.41) is 12.7. The number of benzene rings is 2. The average molecular weight is 378 g/mol. The first-order chi connectivity index (χ1) is 11.1. The van der Waals surface area contributed by atoms with Gasteiger partial charge in [0.15, 0.2) is 0 Å². The van der Waals surface area contributed by atoms with Gasteiger partial charge in [-0.3, -0.25) is 0 Å². The summed E-state index contributed by atoms with van der Waals surface area (Å²) in [4.78, 5) is 0. The van der Waals surface area contributed by atoms with Gasteiger partial charge in [0.25, 0.3) is 0 Å². The predicted molar refractivity (Wildman–Crippen MR) is 97.7 cm³/mol. The Hall–Kier alpha value is -1.36. The summed E-state index contributed by atoms with van der Waals surface area (Å²) in [6.45, 7) is 5.52. The van der Waals surface area contributed by atoms with Gasteiger partial charge in [-0.1, -0.05) is 47.1 Å². The maximum atomic E-state index is 9.31. The Kier molecular flexibility index (Phi) is 7.09. The molecule has 3 nitrogen and oxygen atoms in total. The van der Waals surface area contributed by atoms with Gasteiger partial charge in [-0.25, -0.2) is 0 Å². The number of aliphatic hydroxyl groups is 1. The second kappa shape index (κ2) is 9.06. The van der Waals surface area contributed by atoms with Crippen molar-refractivity contribution in [3.8, 4) is 5.75 Å². The van der Waals surface area contributed by atoms with E-state index in [2.05, 4.69) is 53.3 Å². The maximum Gasteiger partial charge on any atom is 0.124 e. The van der Waals surface area contributed by atoms with Crippen LogP contribution in [0.5, 0.6) is 5.75 Å². The molecular weight excluding hydrogens is 354 g/mol. The molecule has 1 atom stereocenters. The molecule has 0 saturated heterocycles. The first-order valence-electron chi connectivity index (χ1n) is 7.94. The van der Waals surface area contributed by atoms with Crippen LogP contribution in [0.4, 0.5) is 0 Å². The van der Waals surface area contributed by atoms with Crippen LogP contribution in [0.1, 0.15) is 30.0 Å². The largest absolute Gasteiger partial charge is 0.489 e. The lowest BCUT2D eigenvalue weighted by Gasteiger charge is -2.17. The van der Waals surface area contributed by atoms with Gasteiger partial charge in [-0.2, -0.15) is 0 Å². The number of hydrogen-bond acceptors (Lipinski definition) is 3. The second-order valence-corrected chi connectivity index (χ2v) is 6.55. The molecule has 0 amide bonds. The van der Waals surface area contributed by atoms with Crippen LogP contribution in [0.2, 0.25) is 0 Å². The van der Waals surface area contributed by atoms with Gasteiger partial charge in [0.05, 0.1) is 6.61 Å². The van der Waals surface area contributed by atoms with E-state index in [-0.39, 0.29) is 12.6 Å². The number of rotatable bonds is 8. The summed E-state index contributed by atoms with van der Waals surface area (Å²) in [7, 11) is 0. The highest BCUT2D eigenvalue weighted by Crippen LogP contribution is 2.24. The first kappa shape index (κ1) is 18.0. The van der Waals surface area contributed by atoms with Crippen LogP contribution in [-0.4, -0.2) is 17.8 Å². The lowest BCUT2D eigenvalue weighted by atomic mass is 10.1. The highest BCUT2D eigenvalue weighted by Gasteiger charge is 2.09. The summed E-state index contributed by atoms with van der Waals surface area (Å²) in [6.07, 6.45) is 0.893. The van der Waals surface area contributed by atoms with Crippen LogP contribution >= 0.6 is 15.9 Å². The molecule has 0 aromatic heterocycles. The number of aryl methyl sites for hydroxylation is 1. The number of hydrogen-bond donors (Lipinski definition) is 2. The quantitative estimate of drug-likeness (QED) is 0.724. The molecule has 0 aliphatic heterocycles. The lowest BCUT2D eigenvalue weighted by molar-refractivity contribution is 0.237. The molecule has 0 heterocycles. The van der Waals surface area contributed by atoms with E-state index in [9.17, 15) is 5.11 Å². The number of aliphatic hydroxyl groups excluding tert-OH is 1. The fourth-order valence-electron chi connectivity index (χ4n) is 2.35. The second-order valence-electron chi connectivity index (χ2n) is 5.64. The van der Waals surface area contributed by atoms with Gasteiger partial charge in [0.1, 0.15) is 12.4 Å². The van der Waals surface area contributed by atoms with Gasteiger partial charge < -0.3 is 15.2 Å². The first-order valence-corrected chi connectivity index (χ1v) is 8.73. The molecule has 0 fully saturated rings. The van der Waals surface area contributed by atoms with Crippen LogP contribution in [-0.2, 0) is 13.2 Å². The van der Waals surface area contributed by atoms with Crippen molar-refractivity contribution in [2.45, 2.75) is 39.5 Å². The number of ether oxygens (including phenoxy) is 1. The third-order valence-corrected chi connectivity index (χ3v) is 4.45. The minimum Gasteiger partial charge on any atom is -0.489 e. The van der Waals surface area contributed by atoms with Crippen molar-refractivity contribution in [3.63, 3.8) is 0 Å². The molecule has 124 valence electrons. The van der Waals surface area contributed by atoms with Crippen molar-refractivity contribution >= 4 is 15.9 Å².